The Labute approximate surface area is 62.2 Å². The summed E-state index contributed by atoms with van der Waals surface area (Å²) < 4.78 is 34.9. The van der Waals surface area contributed by atoms with Gasteiger partial charge < -0.3 is 5.73 Å². The molecule has 1 nitrogen and oxygen atoms in total. The lowest BCUT2D eigenvalue weighted by atomic mass is 10.2. The molecule has 1 atom stereocenters. The van der Waals surface area contributed by atoms with Crippen LogP contribution in [0, 0.1) is 0 Å². The van der Waals surface area contributed by atoms with E-state index in [2.05, 4.69) is 0 Å². The molecule has 1 unspecified atom stereocenters. The number of hydrogen-bond donors (Lipinski definition) is 1. The van der Waals surface area contributed by atoms with Crippen LogP contribution < -0.4 is 5.73 Å². The molecule has 0 aliphatic rings. The largest absolute Gasteiger partial charge is 0.403 e. The van der Waals surface area contributed by atoms with Crippen LogP contribution >= 0.6 is 11.8 Å². The molecular weight excluding hydrogens is 163 g/mol. The summed E-state index contributed by atoms with van der Waals surface area (Å²) in [6, 6.07) is -1.65. The van der Waals surface area contributed by atoms with Crippen LogP contribution in [0.15, 0.2) is 0 Å². The molecule has 0 bridgehead atoms. The minimum absolute atomic E-state index is 0.00463. The standard InChI is InChI=1S/C5H10F3NS/c1-10-3-2-4(9)5(6,7)8/h4H,2-3,9H2,1H3. The number of alkyl halides is 3. The lowest BCUT2D eigenvalue weighted by molar-refractivity contribution is -0.147. The van der Waals surface area contributed by atoms with Gasteiger partial charge in [-0.25, -0.2) is 0 Å². The van der Waals surface area contributed by atoms with Gasteiger partial charge in [0, 0.05) is 0 Å². The maximum atomic E-state index is 11.6. The van der Waals surface area contributed by atoms with Gasteiger partial charge in [0.15, 0.2) is 0 Å². The molecular formula is C5H10F3NS. The monoisotopic (exact) mass is 173 g/mol. The zero-order valence-electron chi connectivity index (χ0n) is 5.61. The fraction of sp³-hybridized carbons (Fsp3) is 1.00. The van der Waals surface area contributed by atoms with Gasteiger partial charge in [-0.05, 0) is 18.4 Å². The molecule has 0 aromatic heterocycles. The van der Waals surface area contributed by atoms with E-state index in [1.54, 1.807) is 6.26 Å². The molecule has 2 N–H and O–H groups in total. The van der Waals surface area contributed by atoms with Gasteiger partial charge in [-0.15, -0.1) is 0 Å². The van der Waals surface area contributed by atoms with Gasteiger partial charge in [0.05, 0.1) is 0 Å². The number of rotatable bonds is 3. The summed E-state index contributed by atoms with van der Waals surface area (Å²) in [5, 5.41) is 0. The number of thioether (sulfide) groups is 1. The second kappa shape index (κ2) is 4.08. The molecule has 0 saturated heterocycles. The fourth-order valence-corrected chi connectivity index (χ4v) is 0.898. The van der Waals surface area contributed by atoms with E-state index in [9.17, 15) is 13.2 Å². The van der Waals surface area contributed by atoms with E-state index in [1.807, 2.05) is 0 Å². The van der Waals surface area contributed by atoms with Crippen molar-refractivity contribution in [2.75, 3.05) is 12.0 Å². The van der Waals surface area contributed by atoms with E-state index in [0.717, 1.165) is 0 Å². The minimum atomic E-state index is -4.23. The highest BCUT2D eigenvalue weighted by molar-refractivity contribution is 7.98. The number of nitrogens with two attached hydrogens (primary N) is 1. The highest BCUT2D eigenvalue weighted by Gasteiger charge is 2.35. The Morgan fingerprint density at radius 1 is 1.50 bits per heavy atom. The van der Waals surface area contributed by atoms with Gasteiger partial charge in [-0.2, -0.15) is 24.9 Å². The predicted molar refractivity (Wildman–Crippen MR) is 37.0 cm³/mol. The van der Waals surface area contributed by atoms with E-state index >= 15 is 0 Å². The second-order valence-corrected chi connectivity index (χ2v) is 2.92. The topological polar surface area (TPSA) is 26.0 Å². The lowest BCUT2D eigenvalue weighted by Crippen LogP contribution is -2.37. The summed E-state index contributed by atoms with van der Waals surface area (Å²) >= 11 is 1.37. The normalized spacial score (nSPS) is 15.3. The molecule has 0 aliphatic heterocycles. The molecule has 0 spiro atoms. The lowest BCUT2D eigenvalue weighted by Gasteiger charge is -2.13. The van der Waals surface area contributed by atoms with E-state index in [4.69, 9.17) is 5.73 Å². The highest BCUT2D eigenvalue weighted by atomic mass is 32.2. The van der Waals surface area contributed by atoms with E-state index in [-0.39, 0.29) is 6.42 Å². The zero-order valence-corrected chi connectivity index (χ0v) is 6.43. The third-order valence-corrected chi connectivity index (χ3v) is 1.70. The Kier molecular flexibility index (Phi) is 4.12. The molecule has 0 aromatic carbocycles. The Bertz CT molecular complexity index is 93.4. The van der Waals surface area contributed by atoms with Gasteiger partial charge in [0.1, 0.15) is 6.04 Å². The van der Waals surface area contributed by atoms with Gasteiger partial charge in [-0.3, -0.25) is 0 Å². The second-order valence-electron chi connectivity index (χ2n) is 1.93. The van der Waals surface area contributed by atoms with Crippen molar-refractivity contribution in [3.8, 4) is 0 Å². The third-order valence-electron chi connectivity index (χ3n) is 1.05. The van der Waals surface area contributed by atoms with Crippen molar-refractivity contribution in [3.05, 3.63) is 0 Å². The first-order valence-electron chi connectivity index (χ1n) is 2.79. The average molecular weight is 173 g/mol. The van der Waals surface area contributed by atoms with E-state index in [0.29, 0.717) is 5.75 Å². The summed E-state index contributed by atoms with van der Waals surface area (Å²) in [6.07, 6.45) is -2.47. The van der Waals surface area contributed by atoms with Crippen LogP contribution in [0.25, 0.3) is 0 Å². The Morgan fingerprint density at radius 3 is 2.30 bits per heavy atom. The smallest absolute Gasteiger partial charge is 0.320 e. The summed E-state index contributed by atoms with van der Waals surface area (Å²) in [7, 11) is 0. The van der Waals surface area contributed by atoms with Crippen molar-refractivity contribution in [1.29, 1.82) is 0 Å². The number of hydrogen-bond acceptors (Lipinski definition) is 2. The van der Waals surface area contributed by atoms with Crippen LogP contribution in [0.3, 0.4) is 0 Å². The van der Waals surface area contributed by atoms with Crippen LogP contribution in [0.1, 0.15) is 6.42 Å². The Hall–Kier alpha value is 0.100. The Balaban J connectivity index is 3.52. The van der Waals surface area contributed by atoms with Crippen molar-refractivity contribution >= 4 is 11.8 Å². The third kappa shape index (κ3) is 4.00. The van der Waals surface area contributed by atoms with Crippen LogP contribution in [0.4, 0.5) is 13.2 Å². The molecule has 0 amide bonds. The maximum Gasteiger partial charge on any atom is 0.403 e. The first kappa shape index (κ1) is 10.1. The summed E-state index contributed by atoms with van der Waals surface area (Å²) in [5.74, 6) is 0.459. The average Bonchev–Trinajstić information content (AvgIpc) is 1.80. The van der Waals surface area contributed by atoms with Crippen molar-refractivity contribution < 1.29 is 13.2 Å². The molecule has 10 heavy (non-hydrogen) atoms. The predicted octanol–water partition coefficient (Wildman–Crippen LogP) is 1.63. The van der Waals surface area contributed by atoms with Crippen molar-refractivity contribution in [1.82, 2.24) is 0 Å². The molecule has 0 aromatic rings. The first-order valence-corrected chi connectivity index (χ1v) is 4.19. The van der Waals surface area contributed by atoms with Crippen molar-refractivity contribution in [3.63, 3.8) is 0 Å². The molecule has 0 rings (SSSR count). The van der Waals surface area contributed by atoms with E-state index < -0.39 is 12.2 Å². The van der Waals surface area contributed by atoms with Gasteiger partial charge in [0.25, 0.3) is 0 Å². The molecule has 0 saturated carbocycles. The van der Waals surface area contributed by atoms with E-state index in [1.165, 1.54) is 11.8 Å². The van der Waals surface area contributed by atoms with Crippen LogP contribution in [0.5, 0.6) is 0 Å². The minimum Gasteiger partial charge on any atom is -0.320 e. The summed E-state index contributed by atoms with van der Waals surface area (Å²) in [6.45, 7) is 0. The fourth-order valence-electron chi connectivity index (χ4n) is 0.408. The van der Waals surface area contributed by atoms with Crippen molar-refractivity contribution in [2.24, 2.45) is 5.73 Å². The number of halogens is 3. The maximum absolute atomic E-state index is 11.6. The van der Waals surface area contributed by atoms with Crippen molar-refractivity contribution in [2.45, 2.75) is 18.6 Å². The summed E-state index contributed by atoms with van der Waals surface area (Å²) in [4.78, 5) is 0. The molecule has 0 aliphatic carbocycles. The Morgan fingerprint density at radius 2 is 2.00 bits per heavy atom. The summed E-state index contributed by atoms with van der Waals surface area (Å²) in [5.41, 5.74) is 4.80. The van der Waals surface area contributed by atoms with Crippen LogP contribution in [0.2, 0.25) is 0 Å². The molecule has 0 radical (unpaired) electrons. The molecule has 0 fully saturated rings. The molecule has 5 heteroatoms. The molecule has 0 heterocycles. The zero-order chi connectivity index (χ0) is 8.20. The van der Waals surface area contributed by atoms with Gasteiger partial charge in [-0.1, -0.05) is 0 Å². The quantitative estimate of drug-likeness (QED) is 0.702. The van der Waals surface area contributed by atoms with Gasteiger partial charge >= 0.3 is 6.18 Å². The van der Waals surface area contributed by atoms with Gasteiger partial charge in [0.2, 0.25) is 0 Å². The van der Waals surface area contributed by atoms with Crippen LogP contribution in [-0.2, 0) is 0 Å². The van der Waals surface area contributed by atoms with Crippen LogP contribution in [-0.4, -0.2) is 24.2 Å². The highest BCUT2D eigenvalue weighted by Crippen LogP contribution is 2.21. The molecule has 62 valence electrons. The first-order chi connectivity index (χ1) is 4.48. The SMILES string of the molecule is CSCCC(N)C(F)(F)F.